The van der Waals surface area contributed by atoms with Gasteiger partial charge >= 0.3 is 0 Å². The molecule has 1 aromatic rings. The van der Waals surface area contributed by atoms with Crippen LogP contribution in [-0.2, 0) is 4.79 Å². The Bertz CT molecular complexity index is 343. The minimum atomic E-state index is -0.512. The lowest BCUT2D eigenvalue weighted by Crippen LogP contribution is -2.53. The molecule has 0 spiro atoms. The molecule has 1 aliphatic rings. The molecule has 1 aliphatic carbocycles. The number of nitrogens with one attached hydrogen (secondary N) is 1. The minimum absolute atomic E-state index is 0.00797. The summed E-state index contributed by atoms with van der Waals surface area (Å²) in [6.45, 7) is 2.08. The third kappa shape index (κ3) is 2.21. The summed E-state index contributed by atoms with van der Waals surface area (Å²) < 4.78 is 0. The number of hydrogen-bond donors (Lipinski definition) is 2. The maximum absolute atomic E-state index is 11.8. The maximum atomic E-state index is 11.8. The van der Waals surface area contributed by atoms with Crippen LogP contribution in [0, 0.1) is 0 Å². The van der Waals surface area contributed by atoms with Gasteiger partial charge in [0, 0.05) is 10.4 Å². The van der Waals surface area contributed by atoms with Crippen molar-refractivity contribution >= 4 is 17.2 Å². The van der Waals surface area contributed by atoms with Crippen molar-refractivity contribution in [3.05, 3.63) is 22.4 Å². The Morgan fingerprint density at radius 1 is 1.67 bits per heavy atom. The number of nitrogens with two attached hydrogens (primary N) is 1. The fourth-order valence-corrected chi connectivity index (χ4v) is 2.53. The van der Waals surface area contributed by atoms with Gasteiger partial charge in [0.25, 0.3) is 0 Å². The Balaban J connectivity index is 1.96. The van der Waals surface area contributed by atoms with Gasteiger partial charge in [-0.3, -0.25) is 4.79 Å². The van der Waals surface area contributed by atoms with Gasteiger partial charge < -0.3 is 11.1 Å². The van der Waals surface area contributed by atoms with Crippen molar-refractivity contribution in [2.75, 3.05) is 0 Å². The lowest BCUT2D eigenvalue weighted by atomic mass is 9.78. The first kappa shape index (κ1) is 10.6. The Hall–Kier alpha value is -0.870. The summed E-state index contributed by atoms with van der Waals surface area (Å²) in [5.41, 5.74) is 5.86. The van der Waals surface area contributed by atoms with Crippen LogP contribution in [0.25, 0.3) is 0 Å². The van der Waals surface area contributed by atoms with Crippen LogP contribution in [0.2, 0.25) is 0 Å². The van der Waals surface area contributed by atoms with Crippen LogP contribution in [0.5, 0.6) is 0 Å². The van der Waals surface area contributed by atoms with Gasteiger partial charge in [0.1, 0.15) is 6.04 Å². The molecule has 1 heterocycles. The first-order valence-corrected chi connectivity index (χ1v) is 6.10. The fourth-order valence-electron chi connectivity index (χ4n) is 1.80. The highest BCUT2D eigenvalue weighted by atomic mass is 32.1. The van der Waals surface area contributed by atoms with Crippen LogP contribution >= 0.6 is 11.3 Å². The molecule has 1 aromatic heterocycles. The highest BCUT2D eigenvalue weighted by Gasteiger charge is 2.34. The molecule has 15 heavy (non-hydrogen) atoms. The van der Waals surface area contributed by atoms with Crippen LogP contribution in [0.1, 0.15) is 37.1 Å². The fraction of sp³-hybridized carbons (Fsp3) is 0.545. The van der Waals surface area contributed by atoms with Crippen LogP contribution < -0.4 is 11.1 Å². The highest BCUT2D eigenvalue weighted by molar-refractivity contribution is 7.10. The summed E-state index contributed by atoms with van der Waals surface area (Å²) in [4.78, 5) is 12.7. The zero-order valence-corrected chi connectivity index (χ0v) is 9.64. The summed E-state index contributed by atoms with van der Waals surface area (Å²) in [5, 5.41) is 4.96. The zero-order chi connectivity index (χ0) is 10.9. The molecular weight excluding hydrogens is 208 g/mol. The first-order valence-electron chi connectivity index (χ1n) is 5.22. The van der Waals surface area contributed by atoms with Crippen molar-refractivity contribution < 1.29 is 4.79 Å². The third-order valence-corrected chi connectivity index (χ3v) is 3.97. The second-order valence-electron chi connectivity index (χ2n) is 4.40. The van der Waals surface area contributed by atoms with Gasteiger partial charge in [-0.1, -0.05) is 6.07 Å². The van der Waals surface area contributed by atoms with Gasteiger partial charge in [0.05, 0.1) is 0 Å². The van der Waals surface area contributed by atoms with Crippen molar-refractivity contribution in [1.29, 1.82) is 0 Å². The molecule has 1 fully saturated rings. The summed E-state index contributed by atoms with van der Waals surface area (Å²) in [6.07, 6.45) is 3.33. The van der Waals surface area contributed by atoms with Crippen LogP contribution in [0.4, 0.5) is 0 Å². The minimum Gasteiger partial charge on any atom is -0.349 e. The molecule has 0 saturated heterocycles. The van der Waals surface area contributed by atoms with Gasteiger partial charge in [-0.25, -0.2) is 0 Å². The third-order valence-electron chi connectivity index (χ3n) is 3.01. The number of carbonyl (C=O) groups excluding carboxylic acids is 1. The molecular formula is C11H16N2OS. The van der Waals surface area contributed by atoms with Gasteiger partial charge in [0.15, 0.2) is 0 Å². The Morgan fingerprint density at radius 2 is 2.40 bits per heavy atom. The predicted octanol–water partition coefficient (Wildman–Crippen LogP) is 1.81. The molecule has 3 nitrogen and oxygen atoms in total. The lowest BCUT2D eigenvalue weighted by Gasteiger charge is -2.39. The van der Waals surface area contributed by atoms with Gasteiger partial charge in [-0.05, 0) is 37.6 Å². The molecule has 1 unspecified atom stereocenters. The van der Waals surface area contributed by atoms with E-state index in [1.54, 1.807) is 0 Å². The zero-order valence-electron chi connectivity index (χ0n) is 8.82. The average molecular weight is 224 g/mol. The monoisotopic (exact) mass is 224 g/mol. The van der Waals surface area contributed by atoms with E-state index in [2.05, 4.69) is 12.2 Å². The standard InChI is InChI=1S/C11H16N2OS/c1-11(5-3-6-11)13-10(14)9(12)8-4-2-7-15-8/h2,4,7,9H,3,5-6,12H2,1H3,(H,13,14). The number of thiophene rings is 1. The normalized spacial score (nSPS) is 20.4. The number of carbonyl (C=O) groups is 1. The van der Waals surface area contributed by atoms with E-state index in [-0.39, 0.29) is 11.4 Å². The van der Waals surface area contributed by atoms with E-state index < -0.39 is 6.04 Å². The summed E-state index contributed by atoms with van der Waals surface area (Å²) in [7, 11) is 0. The summed E-state index contributed by atoms with van der Waals surface area (Å²) in [6, 6.07) is 3.30. The molecule has 1 atom stereocenters. The number of rotatable bonds is 3. The first-order chi connectivity index (χ1) is 7.11. The summed E-state index contributed by atoms with van der Waals surface area (Å²) >= 11 is 1.53. The van der Waals surface area contributed by atoms with Crippen LogP contribution in [0.15, 0.2) is 17.5 Å². The molecule has 1 amide bonds. The predicted molar refractivity (Wildman–Crippen MR) is 61.6 cm³/mol. The highest BCUT2D eigenvalue weighted by Crippen LogP contribution is 2.31. The maximum Gasteiger partial charge on any atom is 0.242 e. The number of hydrogen-bond acceptors (Lipinski definition) is 3. The molecule has 0 aromatic carbocycles. The molecule has 3 N–H and O–H groups in total. The summed E-state index contributed by atoms with van der Waals surface area (Å²) in [5.74, 6) is -0.0559. The SMILES string of the molecule is CC1(NC(=O)C(N)c2cccs2)CCC1. The molecule has 82 valence electrons. The van der Waals surface area contributed by atoms with E-state index in [4.69, 9.17) is 5.73 Å². The van der Waals surface area contributed by atoms with Gasteiger partial charge in [-0.15, -0.1) is 11.3 Å². The molecule has 0 bridgehead atoms. The quantitative estimate of drug-likeness (QED) is 0.822. The molecule has 0 aliphatic heterocycles. The van der Waals surface area contributed by atoms with Crippen LogP contribution in [-0.4, -0.2) is 11.4 Å². The average Bonchev–Trinajstić information content (AvgIpc) is 2.66. The largest absolute Gasteiger partial charge is 0.349 e. The van der Waals surface area contributed by atoms with Crippen LogP contribution in [0.3, 0.4) is 0 Å². The van der Waals surface area contributed by atoms with Gasteiger partial charge in [-0.2, -0.15) is 0 Å². The van der Waals surface area contributed by atoms with E-state index in [0.29, 0.717) is 0 Å². The topological polar surface area (TPSA) is 55.1 Å². The second-order valence-corrected chi connectivity index (χ2v) is 5.38. The van der Waals surface area contributed by atoms with Crippen molar-refractivity contribution in [1.82, 2.24) is 5.32 Å². The molecule has 0 radical (unpaired) electrons. The molecule has 1 saturated carbocycles. The van der Waals surface area contributed by atoms with Crippen molar-refractivity contribution in [3.63, 3.8) is 0 Å². The van der Waals surface area contributed by atoms with E-state index in [0.717, 1.165) is 17.7 Å². The number of amides is 1. The van der Waals surface area contributed by atoms with E-state index in [1.165, 1.54) is 17.8 Å². The Kier molecular flexibility index (Phi) is 2.80. The molecule has 4 heteroatoms. The Morgan fingerprint density at radius 3 is 2.87 bits per heavy atom. The Labute approximate surface area is 93.7 Å². The van der Waals surface area contributed by atoms with E-state index >= 15 is 0 Å². The van der Waals surface area contributed by atoms with E-state index in [1.807, 2.05) is 17.5 Å². The van der Waals surface area contributed by atoms with E-state index in [9.17, 15) is 4.79 Å². The smallest absolute Gasteiger partial charge is 0.242 e. The van der Waals surface area contributed by atoms with Crippen molar-refractivity contribution in [2.24, 2.45) is 5.73 Å². The molecule has 2 rings (SSSR count). The van der Waals surface area contributed by atoms with Crippen molar-refractivity contribution in [3.8, 4) is 0 Å². The second kappa shape index (κ2) is 3.94. The lowest BCUT2D eigenvalue weighted by molar-refractivity contribution is -0.125. The van der Waals surface area contributed by atoms with Gasteiger partial charge in [0.2, 0.25) is 5.91 Å². The van der Waals surface area contributed by atoms with Crippen molar-refractivity contribution in [2.45, 2.75) is 37.8 Å².